The van der Waals surface area contributed by atoms with Crippen molar-refractivity contribution in [3.05, 3.63) is 34.3 Å². The fourth-order valence-corrected chi connectivity index (χ4v) is 2.70. The van der Waals surface area contributed by atoms with Gasteiger partial charge in [0.1, 0.15) is 0 Å². The molecule has 0 aromatic heterocycles. The van der Waals surface area contributed by atoms with Crippen molar-refractivity contribution in [2.24, 2.45) is 5.41 Å². The Kier molecular flexibility index (Phi) is 4.99. The molecular formula is C15H20BrNO2. The molecule has 0 heterocycles. The van der Waals surface area contributed by atoms with Gasteiger partial charge in [-0.15, -0.1) is 0 Å². The first-order valence-electron chi connectivity index (χ1n) is 6.76. The first-order valence-corrected chi connectivity index (χ1v) is 7.55. The zero-order valence-corrected chi connectivity index (χ0v) is 12.6. The molecule has 1 aromatic carbocycles. The number of amides is 1. The van der Waals surface area contributed by atoms with Crippen LogP contribution in [0.1, 0.15) is 31.2 Å². The van der Waals surface area contributed by atoms with Gasteiger partial charge in [0.15, 0.2) is 0 Å². The summed E-state index contributed by atoms with van der Waals surface area (Å²) in [5.74, 6) is 0.101. The Morgan fingerprint density at radius 3 is 2.84 bits per heavy atom. The summed E-state index contributed by atoms with van der Waals surface area (Å²) in [4.78, 5) is 11.8. The second-order valence-electron chi connectivity index (χ2n) is 5.38. The molecule has 4 heteroatoms. The second-order valence-corrected chi connectivity index (χ2v) is 6.30. The molecule has 2 N–H and O–H groups in total. The number of hydrogen-bond acceptors (Lipinski definition) is 2. The summed E-state index contributed by atoms with van der Waals surface area (Å²) in [7, 11) is 0. The lowest BCUT2D eigenvalue weighted by Crippen LogP contribution is -2.30. The van der Waals surface area contributed by atoms with Crippen molar-refractivity contribution in [2.75, 3.05) is 13.2 Å². The molecule has 0 atom stereocenters. The highest BCUT2D eigenvalue weighted by atomic mass is 79.9. The summed E-state index contributed by atoms with van der Waals surface area (Å²) in [6.07, 6.45) is 4.34. The maximum absolute atomic E-state index is 11.8. The molecule has 1 aromatic rings. The Labute approximate surface area is 122 Å². The molecule has 1 saturated carbocycles. The molecule has 104 valence electrons. The fraction of sp³-hybridized carbons (Fsp3) is 0.533. The summed E-state index contributed by atoms with van der Waals surface area (Å²) in [6.45, 7) is 0.929. The van der Waals surface area contributed by atoms with E-state index in [4.69, 9.17) is 5.11 Å². The summed E-state index contributed by atoms with van der Waals surface area (Å²) in [5, 5.41) is 12.0. The van der Waals surface area contributed by atoms with E-state index in [1.165, 1.54) is 5.56 Å². The normalized spacial score (nSPS) is 16.1. The molecule has 0 saturated heterocycles. The predicted molar refractivity (Wildman–Crippen MR) is 78.8 cm³/mol. The van der Waals surface area contributed by atoms with E-state index in [-0.39, 0.29) is 17.9 Å². The van der Waals surface area contributed by atoms with Crippen LogP contribution >= 0.6 is 15.9 Å². The Morgan fingerprint density at radius 1 is 1.42 bits per heavy atom. The van der Waals surface area contributed by atoms with Gasteiger partial charge in [-0.25, -0.2) is 0 Å². The van der Waals surface area contributed by atoms with Crippen LogP contribution < -0.4 is 5.32 Å². The summed E-state index contributed by atoms with van der Waals surface area (Å²) < 4.78 is 1.05. The molecule has 1 fully saturated rings. The number of aryl methyl sites for hydroxylation is 1. The maximum Gasteiger partial charge on any atom is 0.220 e. The Morgan fingerprint density at radius 2 is 2.21 bits per heavy atom. The number of hydrogen-bond donors (Lipinski definition) is 2. The second kappa shape index (κ2) is 6.53. The molecule has 1 aliphatic rings. The van der Waals surface area contributed by atoms with Crippen LogP contribution in [0, 0.1) is 5.41 Å². The average molecular weight is 326 g/mol. The Balaban J connectivity index is 1.70. The summed E-state index contributed by atoms with van der Waals surface area (Å²) in [5.41, 5.74) is 1.36. The maximum atomic E-state index is 11.8. The number of aliphatic hydroxyl groups excluding tert-OH is 1. The SMILES string of the molecule is O=C(CCc1cccc(Br)c1)NCC1(CCO)CC1. The molecular weight excluding hydrogens is 306 g/mol. The number of carbonyl (C=O) groups excluding carboxylic acids is 1. The van der Waals surface area contributed by atoms with Gasteiger partial charge in [0, 0.05) is 24.0 Å². The predicted octanol–water partition coefficient (Wildman–Crippen LogP) is 2.66. The van der Waals surface area contributed by atoms with Crippen molar-refractivity contribution in [3.63, 3.8) is 0 Å². The van der Waals surface area contributed by atoms with E-state index in [2.05, 4.69) is 21.2 Å². The van der Waals surface area contributed by atoms with Crippen LogP contribution in [0.5, 0.6) is 0 Å². The van der Waals surface area contributed by atoms with Gasteiger partial charge in [-0.1, -0.05) is 28.1 Å². The lowest BCUT2D eigenvalue weighted by molar-refractivity contribution is -0.121. The summed E-state index contributed by atoms with van der Waals surface area (Å²) in [6, 6.07) is 8.04. The first-order chi connectivity index (χ1) is 9.13. The van der Waals surface area contributed by atoms with E-state index in [0.29, 0.717) is 13.0 Å². The fourth-order valence-electron chi connectivity index (χ4n) is 2.25. The third kappa shape index (κ3) is 4.62. The van der Waals surface area contributed by atoms with E-state index in [0.717, 1.165) is 30.2 Å². The van der Waals surface area contributed by atoms with Crippen LogP contribution in [0.15, 0.2) is 28.7 Å². The Hall–Kier alpha value is -0.870. The van der Waals surface area contributed by atoms with E-state index in [9.17, 15) is 4.79 Å². The lowest BCUT2D eigenvalue weighted by Gasteiger charge is -2.14. The minimum Gasteiger partial charge on any atom is -0.396 e. The zero-order chi connectivity index (χ0) is 13.7. The van der Waals surface area contributed by atoms with Crippen LogP contribution in [0.25, 0.3) is 0 Å². The standard InChI is InChI=1S/C15H20BrNO2/c16-13-3-1-2-12(10-13)4-5-14(19)17-11-15(6-7-15)8-9-18/h1-3,10,18H,4-9,11H2,(H,17,19). The van der Waals surface area contributed by atoms with Crippen LogP contribution in [-0.2, 0) is 11.2 Å². The third-order valence-corrected chi connectivity index (χ3v) is 4.28. The number of benzene rings is 1. The Bertz CT molecular complexity index is 444. The van der Waals surface area contributed by atoms with Crippen molar-refractivity contribution in [2.45, 2.75) is 32.1 Å². The highest BCUT2D eigenvalue weighted by molar-refractivity contribution is 9.10. The van der Waals surface area contributed by atoms with Gasteiger partial charge in [0.2, 0.25) is 5.91 Å². The van der Waals surface area contributed by atoms with Gasteiger partial charge < -0.3 is 10.4 Å². The monoisotopic (exact) mass is 325 g/mol. The van der Waals surface area contributed by atoms with Gasteiger partial charge in [-0.05, 0) is 48.8 Å². The topological polar surface area (TPSA) is 49.3 Å². The molecule has 3 nitrogen and oxygen atoms in total. The van der Waals surface area contributed by atoms with E-state index in [1.54, 1.807) is 0 Å². The first kappa shape index (κ1) is 14.5. The number of halogens is 1. The smallest absolute Gasteiger partial charge is 0.220 e. The molecule has 0 aliphatic heterocycles. The van der Waals surface area contributed by atoms with Gasteiger partial charge in [0.05, 0.1) is 0 Å². The quantitative estimate of drug-likeness (QED) is 0.809. The number of rotatable bonds is 7. The molecule has 1 aliphatic carbocycles. The van der Waals surface area contributed by atoms with E-state index < -0.39 is 0 Å². The number of nitrogens with one attached hydrogen (secondary N) is 1. The van der Waals surface area contributed by atoms with Crippen molar-refractivity contribution in [3.8, 4) is 0 Å². The van der Waals surface area contributed by atoms with Crippen LogP contribution in [0.2, 0.25) is 0 Å². The molecule has 1 amide bonds. The van der Waals surface area contributed by atoms with Gasteiger partial charge in [-0.2, -0.15) is 0 Å². The van der Waals surface area contributed by atoms with Crippen molar-refractivity contribution in [1.29, 1.82) is 0 Å². The molecule has 0 unspecified atom stereocenters. The molecule has 0 bridgehead atoms. The molecule has 19 heavy (non-hydrogen) atoms. The minimum absolute atomic E-state index is 0.101. The third-order valence-electron chi connectivity index (χ3n) is 3.79. The van der Waals surface area contributed by atoms with Gasteiger partial charge in [0.25, 0.3) is 0 Å². The van der Waals surface area contributed by atoms with Crippen molar-refractivity contribution in [1.82, 2.24) is 5.32 Å². The minimum atomic E-state index is 0.101. The number of carbonyl (C=O) groups is 1. The van der Waals surface area contributed by atoms with E-state index >= 15 is 0 Å². The zero-order valence-electron chi connectivity index (χ0n) is 11.0. The molecule has 2 rings (SSSR count). The largest absolute Gasteiger partial charge is 0.396 e. The van der Waals surface area contributed by atoms with Crippen molar-refractivity contribution >= 4 is 21.8 Å². The number of aliphatic hydroxyl groups is 1. The van der Waals surface area contributed by atoms with Gasteiger partial charge in [-0.3, -0.25) is 4.79 Å². The van der Waals surface area contributed by atoms with Crippen molar-refractivity contribution < 1.29 is 9.90 Å². The van der Waals surface area contributed by atoms with Crippen LogP contribution in [0.3, 0.4) is 0 Å². The summed E-state index contributed by atoms with van der Waals surface area (Å²) >= 11 is 3.43. The molecule has 0 radical (unpaired) electrons. The van der Waals surface area contributed by atoms with Gasteiger partial charge >= 0.3 is 0 Å². The van der Waals surface area contributed by atoms with Crippen LogP contribution in [0.4, 0.5) is 0 Å². The average Bonchev–Trinajstić information content (AvgIpc) is 3.15. The lowest BCUT2D eigenvalue weighted by atomic mass is 10.0. The highest BCUT2D eigenvalue weighted by Crippen LogP contribution is 2.47. The van der Waals surface area contributed by atoms with Crippen LogP contribution in [-0.4, -0.2) is 24.2 Å². The molecule has 0 spiro atoms. The highest BCUT2D eigenvalue weighted by Gasteiger charge is 2.41. The van der Waals surface area contributed by atoms with E-state index in [1.807, 2.05) is 24.3 Å².